The van der Waals surface area contributed by atoms with Crippen molar-refractivity contribution in [2.24, 2.45) is 0 Å². The van der Waals surface area contributed by atoms with E-state index in [9.17, 15) is 14.7 Å². The quantitative estimate of drug-likeness (QED) is 0.616. The molecule has 0 aliphatic heterocycles. The van der Waals surface area contributed by atoms with Crippen LogP contribution in [0.15, 0.2) is 36.4 Å². The lowest BCUT2D eigenvalue weighted by atomic mass is 10.1. The number of carboxylic acids is 1. The summed E-state index contributed by atoms with van der Waals surface area (Å²) in [7, 11) is 1.60. The van der Waals surface area contributed by atoms with Gasteiger partial charge in [-0.3, -0.25) is 4.79 Å². The van der Waals surface area contributed by atoms with E-state index >= 15 is 0 Å². The molecule has 0 saturated carbocycles. The zero-order valence-corrected chi connectivity index (χ0v) is 15.6. The average molecular weight is 366 g/mol. The Balaban J connectivity index is 1.90. The summed E-state index contributed by atoms with van der Waals surface area (Å²) in [6.07, 6.45) is 0.887. The summed E-state index contributed by atoms with van der Waals surface area (Å²) in [6, 6.07) is 10.7. The van der Waals surface area contributed by atoms with E-state index in [4.69, 9.17) is 4.74 Å². The summed E-state index contributed by atoms with van der Waals surface area (Å²) in [5.74, 6) is -0.620. The molecule has 1 amide bonds. The van der Waals surface area contributed by atoms with Gasteiger partial charge in [0.25, 0.3) is 0 Å². The van der Waals surface area contributed by atoms with E-state index in [-0.39, 0.29) is 17.9 Å². The number of fused-ring (bicyclic) bond motifs is 1. The van der Waals surface area contributed by atoms with Gasteiger partial charge in [-0.15, -0.1) is 0 Å². The number of rotatable bonds is 6. The fourth-order valence-electron chi connectivity index (χ4n) is 3.17. The molecule has 2 aromatic carbocycles. The van der Waals surface area contributed by atoms with E-state index in [2.05, 4.69) is 10.3 Å². The molecule has 3 N–H and O–H groups in total. The lowest BCUT2D eigenvalue weighted by Gasteiger charge is -2.11. The molecule has 6 nitrogen and oxygen atoms in total. The topological polar surface area (TPSA) is 91.4 Å². The van der Waals surface area contributed by atoms with Crippen LogP contribution >= 0.6 is 0 Å². The summed E-state index contributed by atoms with van der Waals surface area (Å²) >= 11 is 0. The van der Waals surface area contributed by atoms with Gasteiger partial charge in [-0.2, -0.15) is 0 Å². The highest BCUT2D eigenvalue weighted by molar-refractivity contribution is 6.02. The third-order valence-electron chi connectivity index (χ3n) is 4.66. The molecule has 27 heavy (non-hydrogen) atoms. The molecule has 1 heterocycles. The maximum atomic E-state index is 12.7. The minimum Gasteiger partial charge on any atom is -0.497 e. The monoisotopic (exact) mass is 366 g/mol. The number of carbonyl (C=O) groups is 2. The van der Waals surface area contributed by atoms with Crippen LogP contribution < -0.4 is 10.1 Å². The molecule has 3 rings (SSSR count). The number of ether oxygens (including phenoxy) is 1. The van der Waals surface area contributed by atoms with E-state index in [0.29, 0.717) is 11.4 Å². The van der Waals surface area contributed by atoms with Crippen LogP contribution in [0.3, 0.4) is 0 Å². The smallest absolute Gasteiger partial charge is 0.337 e. The summed E-state index contributed by atoms with van der Waals surface area (Å²) in [5.41, 5.74) is 4.05. The molecule has 0 fully saturated rings. The number of carboxylic acid groups (broad SMARTS) is 1. The van der Waals surface area contributed by atoms with Crippen molar-refractivity contribution in [2.45, 2.75) is 26.7 Å². The first-order chi connectivity index (χ1) is 12.9. The van der Waals surface area contributed by atoms with E-state index < -0.39 is 5.97 Å². The molecule has 0 bridgehead atoms. The zero-order chi connectivity index (χ0) is 19.6. The predicted molar refractivity (Wildman–Crippen MR) is 105 cm³/mol. The van der Waals surface area contributed by atoms with E-state index in [1.165, 1.54) is 6.07 Å². The van der Waals surface area contributed by atoms with Crippen LogP contribution in [0.5, 0.6) is 5.75 Å². The van der Waals surface area contributed by atoms with Crippen LogP contribution in [-0.4, -0.2) is 29.1 Å². The third-order valence-corrected chi connectivity index (χ3v) is 4.66. The second-order valence-corrected chi connectivity index (χ2v) is 6.40. The van der Waals surface area contributed by atoms with Crippen molar-refractivity contribution in [2.75, 3.05) is 12.4 Å². The minimum atomic E-state index is -1.07. The molecule has 140 valence electrons. The maximum absolute atomic E-state index is 12.7. The summed E-state index contributed by atoms with van der Waals surface area (Å²) in [5, 5.41) is 13.1. The number of aromatic amines is 1. The van der Waals surface area contributed by atoms with Gasteiger partial charge in [-0.1, -0.05) is 13.0 Å². The summed E-state index contributed by atoms with van der Waals surface area (Å²) < 4.78 is 5.28. The number of anilines is 1. The first-order valence-electron chi connectivity index (χ1n) is 8.74. The van der Waals surface area contributed by atoms with Crippen LogP contribution in [0.25, 0.3) is 10.9 Å². The Labute approximate surface area is 157 Å². The first kappa shape index (κ1) is 18.5. The predicted octanol–water partition coefficient (Wildman–Crippen LogP) is 3.93. The van der Waals surface area contributed by atoms with Gasteiger partial charge < -0.3 is 20.1 Å². The van der Waals surface area contributed by atoms with Gasteiger partial charge in [0, 0.05) is 16.6 Å². The largest absolute Gasteiger partial charge is 0.497 e. The molecule has 0 aliphatic rings. The molecule has 0 radical (unpaired) electrons. The number of hydrogen-bond donors (Lipinski definition) is 3. The SMILES string of the molecule is CCc1ccc(C(=O)O)c(NC(=O)Cc2c(C)[nH]c3ccc(OC)cc23)c1. The van der Waals surface area contributed by atoms with Gasteiger partial charge in [0.1, 0.15) is 5.75 Å². The highest BCUT2D eigenvalue weighted by Gasteiger charge is 2.16. The van der Waals surface area contributed by atoms with Gasteiger partial charge in [0.2, 0.25) is 5.91 Å². The van der Waals surface area contributed by atoms with Gasteiger partial charge in [-0.25, -0.2) is 4.79 Å². The van der Waals surface area contributed by atoms with Crippen LogP contribution in [0.1, 0.15) is 34.1 Å². The van der Waals surface area contributed by atoms with Gasteiger partial charge in [0.05, 0.1) is 24.8 Å². The van der Waals surface area contributed by atoms with Crippen molar-refractivity contribution in [3.05, 3.63) is 58.8 Å². The number of carbonyl (C=O) groups excluding carboxylic acids is 1. The number of amides is 1. The summed E-state index contributed by atoms with van der Waals surface area (Å²) in [4.78, 5) is 27.4. The average Bonchev–Trinajstić information content (AvgIpc) is 2.95. The van der Waals surface area contributed by atoms with Crippen molar-refractivity contribution in [1.82, 2.24) is 4.98 Å². The van der Waals surface area contributed by atoms with E-state index in [1.807, 2.05) is 32.0 Å². The van der Waals surface area contributed by atoms with Crippen molar-refractivity contribution in [3.8, 4) is 5.75 Å². The van der Waals surface area contributed by atoms with Crippen LogP contribution in [0.4, 0.5) is 5.69 Å². The van der Waals surface area contributed by atoms with E-state index in [0.717, 1.165) is 34.1 Å². The minimum absolute atomic E-state index is 0.0814. The van der Waals surface area contributed by atoms with Crippen LogP contribution in [-0.2, 0) is 17.6 Å². The molecule has 0 atom stereocenters. The number of aromatic carboxylic acids is 1. The standard InChI is InChI=1S/C21H22N2O4/c1-4-13-5-7-15(21(25)26)19(9-13)23-20(24)11-16-12(2)22-18-8-6-14(27-3)10-17(16)18/h5-10,22H,4,11H2,1-3H3,(H,23,24)(H,25,26). The molecule has 6 heteroatoms. The first-order valence-corrected chi connectivity index (χ1v) is 8.74. The second kappa shape index (κ2) is 7.53. The number of benzene rings is 2. The highest BCUT2D eigenvalue weighted by atomic mass is 16.5. The number of H-pyrrole nitrogens is 1. The fraction of sp³-hybridized carbons (Fsp3) is 0.238. The number of hydrogen-bond acceptors (Lipinski definition) is 3. The molecule has 1 aromatic heterocycles. The van der Waals surface area contributed by atoms with Crippen molar-refractivity contribution in [1.29, 1.82) is 0 Å². The molecule has 0 spiro atoms. The lowest BCUT2D eigenvalue weighted by Crippen LogP contribution is -2.17. The third kappa shape index (κ3) is 3.79. The van der Waals surface area contributed by atoms with Crippen molar-refractivity contribution >= 4 is 28.5 Å². The Morgan fingerprint density at radius 3 is 2.63 bits per heavy atom. The van der Waals surface area contributed by atoms with E-state index in [1.54, 1.807) is 19.2 Å². The number of aromatic nitrogens is 1. The van der Waals surface area contributed by atoms with Gasteiger partial charge in [-0.05, 0) is 54.8 Å². The van der Waals surface area contributed by atoms with Crippen LogP contribution in [0.2, 0.25) is 0 Å². The highest BCUT2D eigenvalue weighted by Crippen LogP contribution is 2.27. The molecule has 0 aliphatic carbocycles. The van der Waals surface area contributed by atoms with Crippen molar-refractivity contribution < 1.29 is 19.4 Å². The fourth-order valence-corrected chi connectivity index (χ4v) is 3.17. The second-order valence-electron chi connectivity index (χ2n) is 6.40. The van der Waals surface area contributed by atoms with Crippen molar-refractivity contribution in [3.63, 3.8) is 0 Å². The Morgan fingerprint density at radius 2 is 1.96 bits per heavy atom. The normalized spacial score (nSPS) is 10.8. The number of aryl methyl sites for hydroxylation is 2. The summed E-state index contributed by atoms with van der Waals surface area (Å²) in [6.45, 7) is 3.89. The van der Waals surface area contributed by atoms with Gasteiger partial charge in [0.15, 0.2) is 0 Å². The Bertz CT molecular complexity index is 1020. The zero-order valence-electron chi connectivity index (χ0n) is 15.6. The number of methoxy groups -OCH3 is 1. The molecule has 0 saturated heterocycles. The Hall–Kier alpha value is -3.28. The maximum Gasteiger partial charge on any atom is 0.337 e. The lowest BCUT2D eigenvalue weighted by molar-refractivity contribution is -0.115. The number of nitrogens with one attached hydrogen (secondary N) is 2. The molecule has 0 unspecified atom stereocenters. The Morgan fingerprint density at radius 1 is 1.19 bits per heavy atom. The van der Waals surface area contributed by atoms with Gasteiger partial charge >= 0.3 is 5.97 Å². The molecular weight excluding hydrogens is 344 g/mol. The molecular formula is C21H22N2O4. The van der Waals surface area contributed by atoms with Crippen LogP contribution in [0, 0.1) is 6.92 Å². The molecule has 3 aromatic rings. The Kier molecular flexibility index (Phi) is 5.16.